The normalized spacial score (nSPS) is 16.7. The Labute approximate surface area is 132 Å². The number of thiazole rings is 1. The smallest absolute Gasteiger partial charge is 0.315 e. The molecular weight excluding hydrogens is 304 g/mol. The molecule has 0 radical (unpaired) electrons. The van der Waals surface area contributed by atoms with Gasteiger partial charge < -0.3 is 10.1 Å². The summed E-state index contributed by atoms with van der Waals surface area (Å²) >= 11 is 3.45. The summed E-state index contributed by atoms with van der Waals surface area (Å²) in [5.74, 6) is -0.296. The minimum absolute atomic E-state index is 0.133. The fourth-order valence-corrected chi connectivity index (χ4v) is 4.30. The third-order valence-corrected chi connectivity index (χ3v) is 5.54. The first-order valence-electron chi connectivity index (χ1n) is 7.20. The Morgan fingerprint density at radius 2 is 2.48 bits per heavy atom. The largest absolute Gasteiger partial charge is 0.465 e. The molecule has 0 aromatic carbocycles. The molecule has 1 atom stereocenters. The van der Waals surface area contributed by atoms with Gasteiger partial charge in [0.25, 0.3) is 0 Å². The number of anilines is 1. The highest BCUT2D eigenvalue weighted by Gasteiger charge is 2.33. The molecule has 0 amide bonds. The zero-order valence-electron chi connectivity index (χ0n) is 11.9. The number of aryl methyl sites for hydroxylation is 1. The van der Waals surface area contributed by atoms with E-state index in [0.29, 0.717) is 6.61 Å². The van der Waals surface area contributed by atoms with E-state index in [1.807, 2.05) is 6.92 Å². The standard InChI is InChI=1S/C15H18N2O2S2/c1-2-19-14(18)11-5-6-12-13(11)17-15(21-12)16-8-7-10-4-3-9-20-10/h3-4,9,11H,2,5-8H2,1H3,(H,16,17). The van der Waals surface area contributed by atoms with E-state index < -0.39 is 0 Å². The van der Waals surface area contributed by atoms with Gasteiger partial charge in [0.15, 0.2) is 5.13 Å². The molecule has 1 aliphatic carbocycles. The molecule has 6 heteroatoms. The number of esters is 1. The van der Waals surface area contributed by atoms with Crippen molar-refractivity contribution in [2.75, 3.05) is 18.5 Å². The summed E-state index contributed by atoms with van der Waals surface area (Å²) in [5, 5.41) is 6.38. The fraction of sp³-hybridized carbons (Fsp3) is 0.467. The quantitative estimate of drug-likeness (QED) is 0.828. The van der Waals surface area contributed by atoms with Crippen molar-refractivity contribution in [3.63, 3.8) is 0 Å². The molecule has 0 bridgehead atoms. The second kappa shape index (κ2) is 6.58. The Kier molecular flexibility index (Phi) is 4.55. The molecular formula is C15H18N2O2S2. The van der Waals surface area contributed by atoms with E-state index in [4.69, 9.17) is 4.74 Å². The van der Waals surface area contributed by atoms with Gasteiger partial charge in [0.1, 0.15) is 5.92 Å². The van der Waals surface area contributed by atoms with Gasteiger partial charge in [-0.2, -0.15) is 0 Å². The van der Waals surface area contributed by atoms with E-state index in [-0.39, 0.29) is 11.9 Å². The van der Waals surface area contributed by atoms with Gasteiger partial charge in [-0.15, -0.1) is 22.7 Å². The number of nitrogens with zero attached hydrogens (tertiary/aromatic N) is 1. The maximum atomic E-state index is 11.9. The van der Waals surface area contributed by atoms with Gasteiger partial charge in [0.2, 0.25) is 0 Å². The predicted octanol–water partition coefficient (Wildman–Crippen LogP) is 3.45. The van der Waals surface area contributed by atoms with Gasteiger partial charge in [-0.3, -0.25) is 4.79 Å². The van der Waals surface area contributed by atoms with Crippen molar-refractivity contribution in [2.45, 2.75) is 32.1 Å². The Morgan fingerprint density at radius 3 is 3.24 bits per heavy atom. The average Bonchev–Trinajstić information content (AvgIpc) is 3.14. The molecule has 2 aromatic rings. The number of thiophene rings is 1. The average molecular weight is 322 g/mol. The summed E-state index contributed by atoms with van der Waals surface area (Å²) in [5.41, 5.74) is 0.928. The lowest BCUT2D eigenvalue weighted by Crippen LogP contribution is -2.14. The van der Waals surface area contributed by atoms with Crippen molar-refractivity contribution in [3.05, 3.63) is 33.0 Å². The summed E-state index contributed by atoms with van der Waals surface area (Å²) in [6, 6.07) is 4.22. The molecule has 0 spiro atoms. The second-order valence-corrected chi connectivity index (χ2v) is 7.04. The first-order chi connectivity index (χ1) is 10.3. The third-order valence-electron chi connectivity index (χ3n) is 3.52. The first-order valence-corrected chi connectivity index (χ1v) is 8.90. The molecule has 3 rings (SSSR count). The monoisotopic (exact) mass is 322 g/mol. The van der Waals surface area contributed by atoms with Crippen molar-refractivity contribution in [2.24, 2.45) is 0 Å². The van der Waals surface area contributed by atoms with Crippen LogP contribution >= 0.6 is 22.7 Å². The number of nitrogens with one attached hydrogen (secondary N) is 1. The van der Waals surface area contributed by atoms with Gasteiger partial charge >= 0.3 is 5.97 Å². The Balaban J connectivity index is 1.59. The van der Waals surface area contributed by atoms with Gasteiger partial charge in [-0.25, -0.2) is 4.98 Å². The molecule has 0 saturated carbocycles. The third kappa shape index (κ3) is 3.27. The van der Waals surface area contributed by atoms with E-state index in [1.165, 1.54) is 9.75 Å². The van der Waals surface area contributed by atoms with Crippen LogP contribution < -0.4 is 5.32 Å². The molecule has 0 aliphatic heterocycles. The van der Waals surface area contributed by atoms with Crippen molar-refractivity contribution in [3.8, 4) is 0 Å². The molecule has 0 saturated heterocycles. The van der Waals surface area contributed by atoms with Crippen LogP contribution in [0.1, 0.15) is 34.7 Å². The van der Waals surface area contributed by atoms with Crippen LogP contribution in [-0.2, 0) is 22.4 Å². The number of aromatic nitrogens is 1. The fourth-order valence-electron chi connectivity index (χ4n) is 2.52. The molecule has 1 N–H and O–H groups in total. The van der Waals surface area contributed by atoms with Crippen LogP contribution in [0.2, 0.25) is 0 Å². The van der Waals surface area contributed by atoms with Crippen LogP contribution in [0, 0.1) is 0 Å². The topological polar surface area (TPSA) is 51.2 Å². The van der Waals surface area contributed by atoms with Crippen LogP contribution in [0.5, 0.6) is 0 Å². The molecule has 2 aromatic heterocycles. The Morgan fingerprint density at radius 1 is 1.57 bits per heavy atom. The summed E-state index contributed by atoms with van der Waals surface area (Å²) < 4.78 is 5.13. The lowest BCUT2D eigenvalue weighted by atomic mass is 10.1. The molecule has 2 heterocycles. The van der Waals surface area contributed by atoms with Gasteiger partial charge in [-0.1, -0.05) is 6.07 Å². The SMILES string of the molecule is CCOC(=O)C1CCc2sc(NCCc3cccs3)nc21. The summed E-state index contributed by atoms with van der Waals surface area (Å²) in [6.45, 7) is 3.14. The number of hydrogen-bond donors (Lipinski definition) is 1. The minimum Gasteiger partial charge on any atom is -0.465 e. The predicted molar refractivity (Wildman–Crippen MR) is 86.3 cm³/mol. The van der Waals surface area contributed by atoms with Crippen molar-refractivity contribution < 1.29 is 9.53 Å². The zero-order chi connectivity index (χ0) is 14.7. The molecule has 1 unspecified atom stereocenters. The summed E-state index contributed by atoms with van der Waals surface area (Å²) in [4.78, 5) is 19.1. The van der Waals surface area contributed by atoms with Gasteiger partial charge in [0, 0.05) is 16.3 Å². The van der Waals surface area contributed by atoms with E-state index in [0.717, 1.165) is 36.6 Å². The number of hydrogen-bond acceptors (Lipinski definition) is 6. The van der Waals surface area contributed by atoms with E-state index >= 15 is 0 Å². The highest BCUT2D eigenvalue weighted by atomic mass is 32.1. The lowest BCUT2D eigenvalue weighted by molar-refractivity contribution is -0.145. The molecule has 112 valence electrons. The van der Waals surface area contributed by atoms with Crippen LogP contribution in [0.3, 0.4) is 0 Å². The number of carbonyl (C=O) groups excluding carboxylic acids is 1. The number of fused-ring (bicyclic) bond motifs is 1. The first kappa shape index (κ1) is 14.5. The highest BCUT2D eigenvalue weighted by Crippen LogP contribution is 2.38. The van der Waals surface area contributed by atoms with Crippen molar-refractivity contribution >= 4 is 33.8 Å². The number of carbonyl (C=O) groups is 1. The number of ether oxygens (including phenoxy) is 1. The van der Waals surface area contributed by atoms with Crippen LogP contribution in [-0.4, -0.2) is 24.1 Å². The van der Waals surface area contributed by atoms with Crippen LogP contribution in [0.25, 0.3) is 0 Å². The van der Waals surface area contributed by atoms with Crippen LogP contribution in [0.4, 0.5) is 5.13 Å². The molecule has 4 nitrogen and oxygen atoms in total. The maximum absolute atomic E-state index is 11.9. The molecule has 21 heavy (non-hydrogen) atoms. The van der Waals surface area contributed by atoms with Crippen LogP contribution in [0.15, 0.2) is 17.5 Å². The van der Waals surface area contributed by atoms with E-state index in [2.05, 4.69) is 27.8 Å². The highest BCUT2D eigenvalue weighted by molar-refractivity contribution is 7.15. The molecule has 0 fully saturated rings. The van der Waals surface area contributed by atoms with Crippen molar-refractivity contribution in [1.29, 1.82) is 0 Å². The van der Waals surface area contributed by atoms with E-state index in [1.54, 1.807) is 22.7 Å². The second-order valence-electron chi connectivity index (χ2n) is 4.93. The Hall–Kier alpha value is -1.40. The zero-order valence-corrected chi connectivity index (χ0v) is 13.6. The summed E-state index contributed by atoms with van der Waals surface area (Å²) in [7, 11) is 0. The molecule has 1 aliphatic rings. The van der Waals surface area contributed by atoms with Gasteiger partial charge in [-0.05, 0) is 37.6 Å². The lowest BCUT2D eigenvalue weighted by Gasteiger charge is -2.08. The van der Waals surface area contributed by atoms with E-state index in [9.17, 15) is 4.79 Å². The van der Waals surface area contributed by atoms with Crippen molar-refractivity contribution in [1.82, 2.24) is 4.98 Å². The Bertz CT molecular complexity index is 607. The number of rotatable bonds is 6. The maximum Gasteiger partial charge on any atom is 0.315 e. The summed E-state index contributed by atoms with van der Waals surface area (Å²) in [6.07, 6.45) is 2.77. The minimum atomic E-state index is -0.163. The van der Waals surface area contributed by atoms with Gasteiger partial charge in [0.05, 0.1) is 12.3 Å².